The number of piperazine rings is 1. The predicted molar refractivity (Wildman–Crippen MR) is 149 cm³/mol. The van der Waals surface area contributed by atoms with E-state index < -0.39 is 86.0 Å². The van der Waals surface area contributed by atoms with Crippen LogP contribution in [0.5, 0.6) is 0 Å². The zero-order chi connectivity index (χ0) is 34.1. The molecule has 0 radical (unpaired) electrons. The lowest BCUT2D eigenvalue weighted by Gasteiger charge is -2.38. The number of hydrogen-bond acceptors (Lipinski definition) is 11. The summed E-state index contributed by atoms with van der Waals surface area (Å²) < 4.78 is 88.3. The maximum Gasteiger partial charge on any atom is 0.423 e. The fourth-order valence-electron chi connectivity index (χ4n) is 5.68. The first-order valence-corrected chi connectivity index (χ1v) is 13.8. The van der Waals surface area contributed by atoms with Crippen LogP contribution < -0.4 is 14.7 Å². The summed E-state index contributed by atoms with van der Waals surface area (Å²) in [5, 5.41) is 35.4. The van der Waals surface area contributed by atoms with Crippen molar-refractivity contribution < 1.29 is 50.6 Å². The van der Waals surface area contributed by atoms with Crippen LogP contribution in [0, 0.1) is 36.3 Å². The third kappa shape index (κ3) is 6.84. The zero-order valence-electron chi connectivity index (χ0n) is 24.0. The highest BCUT2D eigenvalue weighted by Gasteiger charge is 2.45. The van der Waals surface area contributed by atoms with Gasteiger partial charge in [-0.05, 0) is 31.9 Å². The lowest BCUT2D eigenvalue weighted by atomic mass is 9.95. The number of carbonyl (C=O) groups is 1. The number of piperidine rings is 1. The zero-order valence-corrected chi connectivity index (χ0v) is 24.0. The first kappa shape index (κ1) is 34.0. The van der Waals surface area contributed by atoms with Crippen molar-refractivity contribution in [1.29, 1.82) is 0 Å². The van der Waals surface area contributed by atoms with Crippen molar-refractivity contribution in [3.8, 4) is 0 Å². The Kier molecular flexibility index (Phi) is 9.48. The molecule has 4 rings (SSSR count). The molecule has 0 saturated carbocycles. The number of benzene rings is 2. The highest BCUT2D eigenvalue weighted by atomic mass is 19.4. The van der Waals surface area contributed by atoms with E-state index in [1.54, 1.807) is 6.92 Å². The number of nitrogens with zero attached hydrogens (tertiary/aromatic N) is 6. The van der Waals surface area contributed by atoms with Gasteiger partial charge in [0.25, 0.3) is 11.4 Å². The fraction of sp³-hybridized carbons (Fsp3) is 0.500. The van der Waals surface area contributed by atoms with Crippen molar-refractivity contribution in [2.45, 2.75) is 32.1 Å². The second-order valence-corrected chi connectivity index (χ2v) is 10.4. The summed E-state index contributed by atoms with van der Waals surface area (Å²) in [4.78, 5) is 47.6. The summed E-state index contributed by atoms with van der Waals surface area (Å²) in [6.45, 7) is 0.333. The molecular formula is C26H26F6N6O8. The SMILES string of the molecule is CCOC(=O)C1CCN(c2cc(N3CCN(c4c([N+](=O)[O-])ccc(C(F)(F)F)c4[N+](=O)[O-])CC3)c([N+](=O)[O-])cc2C(F)(F)F)CC1. The van der Waals surface area contributed by atoms with E-state index in [-0.39, 0.29) is 63.1 Å². The third-order valence-electron chi connectivity index (χ3n) is 7.80. The van der Waals surface area contributed by atoms with Crippen LogP contribution in [0.4, 0.5) is 60.5 Å². The Hall–Kier alpha value is -4.91. The van der Waals surface area contributed by atoms with Gasteiger partial charge >= 0.3 is 24.0 Å². The molecule has 2 heterocycles. The van der Waals surface area contributed by atoms with Gasteiger partial charge in [0.15, 0.2) is 5.69 Å². The molecular weight excluding hydrogens is 638 g/mol. The smallest absolute Gasteiger partial charge is 0.423 e. The minimum absolute atomic E-state index is 0.000467. The van der Waals surface area contributed by atoms with Crippen molar-refractivity contribution in [2.75, 3.05) is 60.6 Å². The molecule has 0 amide bonds. The number of nitro groups is 3. The first-order chi connectivity index (χ1) is 21.4. The number of rotatable bonds is 8. The van der Waals surface area contributed by atoms with Crippen LogP contribution >= 0.6 is 0 Å². The molecule has 0 aliphatic carbocycles. The monoisotopic (exact) mass is 664 g/mol. The molecule has 2 aromatic rings. The van der Waals surface area contributed by atoms with E-state index in [0.29, 0.717) is 12.1 Å². The molecule has 0 atom stereocenters. The average Bonchev–Trinajstić information content (AvgIpc) is 2.99. The molecule has 20 heteroatoms. The molecule has 250 valence electrons. The van der Waals surface area contributed by atoms with E-state index in [9.17, 15) is 61.5 Å². The number of esters is 1. The Labute approximate surface area is 255 Å². The van der Waals surface area contributed by atoms with Crippen molar-refractivity contribution >= 4 is 40.1 Å². The first-order valence-electron chi connectivity index (χ1n) is 13.8. The van der Waals surface area contributed by atoms with Gasteiger partial charge in [0, 0.05) is 51.4 Å². The van der Waals surface area contributed by atoms with Gasteiger partial charge in [0.05, 0.1) is 38.5 Å². The van der Waals surface area contributed by atoms with Crippen molar-refractivity contribution in [1.82, 2.24) is 0 Å². The number of halogens is 6. The maximum atomic E-state index is 14.2. The molecule has 0 spiro atoms. The lowest BCUT2D eigenvalue weighted by Crippen LogP contribution is -2.47. The average molecular weight is 665 g/mol. The Morgan fingerprint density at radius 2 is 1.28 bits per heavy atom. The summed E-state index contributed by atoms with van der Waals surface area (Å²) in [5.74, 6) is -1.03. The van der Waals surface area contributed by atoms with Gasteiger partial charge in [-0.2, -0.15) is 26.3 Å². The van der Waals surface area contributed by atoms with Gasteiger partial charge in [-0.15, -0.1) is 0 Å². The van der Waals surface area contributed by atoms with E-state index in [2.05, 4.69) is 0 Å². The van der Waals surface area contributed by atoms with E-state index in [0.717, 1.165) is 11.0 Å². The van der Waals surface area contributed by atoms with Crippen molar-refractivity contribution in [3.63, 3.8) is 0 Å². The highest BCUT2D eigenvalue weighted by molar-refractivity contribution is 5.79. The number of carbonyl (C=O) groups excluding carboxylic acids is 1. The largest absolute Gasteiger partial charge is 0.466 e. The summed E-state index contributed by atoms with van der Waals surface area (Å²) in [7, 11) is 0. The Morgan fingerprint density at radius 3 is 1.76 bits per heavy atom. The Balaban J connectivity index is 1.70. The van der Waals surface area contributed by atoms with Crippen LogP contribution in [0.1, 0.15) is 30.9 Å². The van der Waals surface area contributed by atoms with E-state index in [1.165, 1.54) is 9.80 Å². The molecule has 14 nitrogen and oxygen atoms in total. The fourth-order valence-corrected chi connectivity index (χ4v) is 5.68. The topological polar surface area (TPSA) is 165 Å². The third-order valence-corrected chi connectivity index (χ3v) is 7.80. The minimum atomic E-state index is -5.23. The minimum Gasteiger partial charge on any atom is -0.466 e. The molecule has 2 aliphatic rings. The summed E-state index contributed by atoms with van der Waals surface area (Å²) >= 11 is 0. The summed E-state index contributed by atoms with van der Waals surface area (Å²) in [6, 6.07) is 2.10. The quantitative estimate of drug-likeness (QED) is 0.150. The van der Waals surface area contributed by atoms with E-state index >= 15 is 0 Å². The number of hydrogen-bond donors (Lipinski definition) is 0. The molecule has 0 aromatic heterocycles. The van der Waals surface area contributed by atoms with Crippen LogP contribution in [0.2, 0.25) is 0 Å². The normalized spacial score (nSPS) is 16.4. The predicted octanol–water partition coefficient (Wildman–Crippen LogP) is 5.55. The van der Waals surface area contributed by atoms with Gasteiger partial charge < -0.3 is 19.4 Å². The lowest BCUT2D eigenvalue weighted by molar-refractivity contribution is -0.394. The maximum absolute atomic E-state index is 14.2. The molecule has 0 unspecified atom stereocenters. The van der Waals surface area contributed by atoms with Crippen LogP contribution in [0.25, 0.3) is 0 Å². The molecule has 2 fully saturated rings. The number of alkyl halides is 6. The number of anilines is 3. The highest BCUT2D eigenvalue weighted by Crippen LogP contribution is 2.48. The molecule has 2 aromatic carbocycles. The Morgan fingerprint density at radius 1 is 0.761 bits per heavy atom. The van der Waals surface area contributed by atoms with Crippen molar-refractivity contribution in [2.24, 2.45) is 5.92 Å². The van der Waals surface area contributed by atoms with Gasteiger partial charge in [0.1, 0.15) is 11.3 Å². The van der Waals surface area contributed by atoms with E-state index in [1.807, 2.05) is 0 Å². The van der Waals surface area contributed by atoms with Gasteiger partial charge in [-0.25, -0.2) is 0 Å². The molecule has 2 aliphatic heterocycles. The van der Waals surface area contributed by atoms with Crippen LogP contribution in [0.3, 0.4) is 0 Å². The second kappa shape index (κ2) is 12.8. The van der Waals surface area contributed by atoms with Crippen molar-refractivity contribution in [3.05, 3.63) is 65.7 Å². The van der Waals surface area contributed by atoms with Gasteiger partial charge in [-0.1, -0.05) is 0 Å². The van der Waals surface area contributed by atoms with Crippen LogP contribution in [-0.2, 0) is 21.9 Å². The molecule has 0 N–H and O–H groups in total. The Bertz CT molecular complexity index is 1540. The van der Waals surface area contributed by atoms with Gasteiger partial charge in [-0.3, -0.25) is 35.1 Å². The number of ether oxygens (including phenoxy) is 1. The summed E-state index contributed by atoms with van der Waals surface area (Å²) in [5.41, 5.74) is -7.97. The standard InChI is InChI=1S/C26H26F6N6O8/c1-2-46-24(39)15-5-7-33(8-6-15)19-14-20(21(37(42)43)13-17(19)26(30,31)32)34-9-11-35(12-10-34)23-18(36(40)41)4-3-16(25(27,28)29)22(23)38(44)45/h3-4,13-15H,2,5-12H2,1H3. The molecule has 0 bridgehead atoms. The van der Waals surface area contributed by atoms with Gasteiger partial charge in [0.2, 0.25) is 0 Å². The summed E-state index contributed by atoms with van der Waals surface area (Å²) in [6.07, 6.45) is -9.90. The van der Waals surface area contributed by atoms with Crippen LogP contribution in [-0.4, -0.2) is 66.6 Å². The molecule has 46 heavy (non-hydrogen) atoms. The number of nitro benzene ring substituents is 3. The molecule has 2 saturated heterocycles. The van der Waals surface area contributed by atoms with E-state index in [4.69, 9.17) is 4.74 Å². The van der Waals surface area contributed by atoms with Crippen LogP contribution in [0.15, 0.2) is 24.3 Å². The second-order valence-electron chi connectivity index (χ2n) is 10.4.